The summed E-state index contributed by atoms with van der Waals surface area (Å²) in [4.78, 5) is 19.9. The van der Waals surface area contributed by atoms with Crippen molar-refractivity contribution in [3.05, 3.63) is 53.6 Å². The van der Waals surface area contributed by atoms with Gasteiger partial charge < -0.3 is 14.4 Å². The molecule has 2 aromatic rings. The summed E-state index contributed by atoms with van der Waals surface area (Å²) >= 11 is 0. The minimum atomic E-state index is 0.142. The monoisotopic (exact) mass is 409 g/mol. The van der Waals surface area contributed by atoms with Crippen LogP contribution >= 0.6 is 0 Å². The van der Waals surface area contributed by atoms with E-state index in [1.165, 1.54) is 5.56 Å². The quantitative estimate of drug-likeness (QED) is 0.734. The van der Waals surface area contributed by atoms with E-state index in [-0.39, 0.29) is 11.9 Å². The summed E-state index contributed by atoms with van der Waals surface area (Å²) in [6.45, 7) is 7.34. The first-order valence-electron chi connectivity index (χ1n) is 10.6. The molecule has 6 nitrogen and oxygen atoms in total. The second-order valence-electron chi connectivity index (χ2n) is 8.19. The van der Waals surface area contributed by atoms with Crippen LogP contribution in [0, 0.1) is 0 Å². The van der Waals surface area contributed by atoms with E-state index < -0.39 is 0 Å². The molecule has 160 valence electrons. The molecule has 6 heteroatoms. The highest BCUT2D eigenvalue weighted by molar-refractivity contribution is 5.98. The number of amides is 1. The molecule has 0 aliphatic carbocycles. The number of carbonyl (C=O) groups excluding carboxylic acids is 1. The summed E-state index contributed by atoms with van der Waals surface area (Å²) in [6, 6.07) is 14.7. The zero-order valence-electron chi connectivity index (χ0n) is 18.1. The van der Waals surface area contributed by atoms with Crippen molar-refractivity contribution in [1.82, 2.24) is 9.80 Å². The van der Waals surface area contributed by atoms with E-state index >= 15 is 0 Å². The van der Waals surface area contributed by atoms with Gasteiger partial charge in [-0.2, -0.15) is 0 Å². The Bertz CT molecular complexity index is 879. The molecule has 0 radical (unpaired) electrons. The normalized spacial score (nSPS) is 19.6. The number of methoxy groups -OCH3 is 2. The molecule has 1 unspecified atom stereocenters. The average molecular weight is 410 g/mol. The summed E-state index contributed by atoms with van der Waals surface area (Å²) in [7, 11) is 3.27. The van der Waals surface area contributed by atoms with Crippen LogP contribution in [0.15, 0.2) is 42.5 Å². The lowest BCUT2D eigenvalue weighted by molar-refractivity contribution is -0.120. The van der Waals surface area contributed by atoms with Gasteiger partial charge >= 0.3 is 0 Å². The summed E-state index contributed by atoms with van der Waals surface area (Å²) in [5.74, 6) is 1.54. The Hall–Kier alpha value is -2.57. The lowest BCUT2D eigenvalue weighted by Crippen LogP contribution is -2.50. The van der Waals surface area contributed by atoms with Gasteiger partial charge in [-0.3, -0.25) is 14.6 Å². The molecule has 1 fully saturated rings. The highest BCUT2D eigenvalue weighted by Crippen LogP contribution is 2.40. The van der Waals surface area contributed by atoms with Crippen LogP contribution in [-0.2, 0) is 17.8 Å². The summed E-state index contributed by atoms with van der Waals surface area (Å²) in [6.07, 6.45) is 0.840. The van der Waals surface area contributed by atoms with E-state index in [0.29, 0.717) is 18.0 Å². The fourth-order valence-corrected chi connectivity index (χ4v) is 4.54. The fraction of sp³-hybridized carbons (Fsp3) is 0.458. The third-order valence-corrected chi connectivity index (χ3v) is 6.14. The van der Waals surface area contributed by atoms with Crippen molar-refractivity contribution >= 4 is 11.6 Å². The molecule has 1 saturated heterocycles. The Morgan fingerprint density at radius 2 is 1.60 bits per heavy atom. The zero-order chi connectivity index (χ0) is 21.1. The minimum Gasteiger partial charge on any atom is -0.493 e. The van der Waals surface area contributed by atoms with Gasteiger partial charge in [0.2, 0.25) is 5.91 Å². The van der Waals surface area contributed by atoms with E-state index in [2.05, 4.69) is 47.1 Å². The van der Waals surface area contributed by atoms with Crippen molar-refractivity contribution in [3.8, 4) is 11.5 Å². The van der Waals surface area contributed by atoms with E-state index in [1.54, 1.807) is 14.2 Å². The molecule has 0 aromatic heterocycles. The van der Waals surface area contributed by atoms with Crippen LogP contribution < -0.4 is 14.4 Å². The third kappa shape index (κ3) is 4.30. The first kappa shape index (κ1) is 20.7. The standard InChI is InChI=1S/C24H31N3O3/c1-18-13-20-14-22(29-2)23(30-3)15-21(20)27(18)24(28)17-26-11-9-25(10-12-26)16-19-7-5-4-6-8-19/h4-8,14-15,18H,9-13,16-17H2,1-3H3. The van der Waals surface area contributed by atoms with Gasteiger partial charge in [-0.25, -0.2) is 0 Å². The number of hydrogen-bond donors (Lipinski definition) is 0. The number of nitrogens with zero attached hydrogens (tertiary/aromatic N) is 3. The van der Waals surface area contributed by atoms with Gasteiger partial charge in [0.1, 0.15) is 0 Å². The largest absolute Gasteiger partial charge is 0.493 e. The van der Waals surface area contributed by atoms with E-state index in [1.807, 2.05) is 17.0 Å². The molecule has 4 rings (SSSR count). The first-order chi connectivity index (χ1) is 14.6. The molecular formula is C24H31N3O3. The van der Waals surface area contributed by atoms with E-state index in [9.17, 15) is 4.79 Å². The highest BCUT2D eigenvalue weighted by atomic mass is 16.5. The highest BCUT2D eigenvalue weighted by Gasteiger charge is 2.33. The second kappa shape index (κ2) is 9.06. The maximum atomic E-state index is 13.2. The number of fused-ring (bicyclic) bond motifs is 1. The predicted octanol–water partition coefficient (Wildman–Crippen LogP) is 2.80. The van der Waals surface area contributed by atoms with Crippen molar-refractivity contribution in [2.24, 2.45) is 0 Å². The van der Waals surface area contributed by atoms with Crippen LogP contribution in [0.1, 0.15) is 18.1 Å². The maximum Gasteiger partial charge on any atom is 0.241 e. The molecule has 2 heterocycles. The molecular weight excluding hydrogens is 378 g/mol. The molecule has 30 heavy (non-hydrogen) atoms. The summed E-state index contributed by atoms with van der Waals surface area (Å²) in [5, 5.41) is 0. The molecule has 2 aliphatic heterocycles. The topological polar surface area (TPSA) is 45.3 Å². The van der Waals surface area contributed by atoms with Gasteiger partial charge in [-0.1, -0.05) is 30.3 Å². The van der Waals surface area contributed by atoms with E-state index in [4.69, 9.17) is 9.47 Å². The smallest absolute Gasteiger partial charge is 0.241 e. The van der Waals surface area contributed by atoms with Gasteiger partial charge in [0.05, 0.1) is 26.5 Å². The average Bonchev–Trinajstić information content (AvgIpc) is 3.09. The number of rotatable bonds is 6. The number of ether oxygens (including phenoxy) is 2. The number of benzene rings is 2. The van der Waals surface area contributed by atoms with Crippen LogP contribution in [0.5, 0.6) is 11.5 Å². The van der Waals surface area contributed by atoms with Crippen LogP contribution in [0.4, 0.5) is 5.69 Å². The van der Waals surface area contributed by atoms with Crippen molar-refractivity contribution in [2.45, 2.75) is 25.9 Å². The first-order valence-corrected chi connectivity index (χ1v) is 10.6. The fourth-order valence-electron chi connectivity index (χ4n) is 4.54. The molecule has 1 amide bonds. The van der Waals surface area contributed by atoms with Crippen molar-refractivity contribution in [3.63, 3.8) is 0 Å². The molecule has 2 aromatic carbocycles. The lowest BCUT2D eigenvalue weighted by atomic mass is 10.1. The number of anilines is 1. The minimum absolute atomic E-state index is 0.142. The third-order valence-electron chi connectivity index (χ3n) is 6.14. The van der Waals surface area contributed by atoms with Crippen molar-refractivity contribution in [2.75, 3.05) is 51.8 Å². The van der Waals surface area contributed by atoms with Crippen molar-refractivity contribution in [1.29, 1.82) is 0 Å². The second-order valence-corrected chi connectivity index (χ2v) is 8.19. The van der Waals surface area contributed by atoms with Gasteiger partial charge in [-0.15, -0.1) is 0 Å². The number of hydrogen-bond acceptors (Lipinski definition) is 5. The molecule has 0 bridgehead atoms. The van der Waals surface area contributed by atoms with Crippen molar-refractivity contribution < 1.29 is 14.3 Å². The van der Waals surface area contributed by atoms with E-state index in [0.717, 1.165) is 50.4 Å². The zero-order valence-corrected chi connectivity index (χ0v) is 18.1. The molecule has 2 aliphatic rings. The van der Waals surface area contributed by atoms with Crippen LogP contribution in [-0.4, -0.2) is 68.7 Å². The number of piperazine rings is 1. The van der Waals surface area contributed by atoms with Crippen LogP contribution in [0.25, 0.3) is 0 Å². The number of carbonyl (C=O) groups is 1. The SMILES string of the molecule is COc1cc2c(cc1OC)N(C(=O)CN1CCN(Cc3ccccc3)CC1)C(C)C2. The molecule has 0 saturated carbocycles. The van der Waals surface area contributed by atoms with Gasteiger partial charge in [0.25, 0.3) is 0 Å². The van der Waals surface area contributed by atoms with Crippen LogP contribution in [0.2, 0.25) is 0 Å². The Balaban J connectivity index is 1.37. The maximum absolute atomic E-state index is 13.2. The molecule has 1 atom stereocenters. The van der Waals surface area contributed by atoms with Gasteiger partial charge in [0.15, 0.2) is 11.5 Å². The Labute approximate surface area is 179 Å². The predicted molar refractivity (Wildman–Crippen MR) is 118 cm³/mol. The summed E-state index contributed by atoms with van der Waals surface area (Å²) in [5.41, 5.74) is 3.43. The lowest BCUT2D eigenvalue weighted by Gasteiger charge is -2.35. The van der Waals surface area contributed by atoms with Gasteiger partial charge in [-0.05, 0) is 30.5 Å². The molecule has 0 spiro atoms. The summed E-state index contributed by atoms with van der Waals surface area (Å²) < 4.78 is 10.9. The Morgan fingerprint density at radius 3 is 2.27 bits per heavy atom. The van der Waals surface area contributed by atoms with Crippen LogP contribution in [0.3, 0.4) is 0 Å². The van der Waals surface area contributed by atoms with Gasteiger partial charge in [0, 0.05) is 44.8 Å². The Morgan fingerprint density at radius 1 is 0.967 bits per heavy atom. The molecule has 0 N–H and O–H groups in total. The Kier molecular flexibility index (Phi) is 6.25.